The van der Waals surface area contributed by atoms with Gasteiger partial charge in [0.25, 0.3) is 0 Å². The van der Waals surface area contributed by atoms with Gasteiger partial charge in [0.1, 0.15) is 11.9 Å². The van der Waals surface area contributed by atoms with Crippen molar-refractivity contribution < 1.29 is 9.18 Å². The molecule has 4 aromatic rings. The second kappa shape index (κ2) is 7.75. The lowest BCUT2D eigenvalue weighted by molar-refractivity contribution is 0.192. The van der Waals surface area contributed by atoms with Gasteiger partial charge in [-0.25, -0.2) is 9.18 Å². The fourth-order valence-electron chi connectivity index (χ4n) is 4.35. The van der Waals surface area contributed by atoms with E-state index in [9.17, 15) is 9.18 Å². The molecule has 0 saturated heterocycles. The maximum absolute atomic E-state index is 14.9. The van der Waals surface area contributed by atoms with Crippen LogP contribution in [0, 0.1) is 12.7 Å². The van der Waals surface area contributed by atoms with Gasteiger partial charge in [-0.2, -0.15) is 0 Å². The summed E-state index contributed by atoms with van der Waals surface area (Å²) in [5.74, 6) is -0.338. The van der Waals surface area contributed by atoms with Crippen LogP contribution in [0.15, 0.2) is 66.7 Å². The molecular weight excluding hydrogens is 413 g/mol. The molecule has 5 rings (SSSR count). The number of halogens is 2. The minimum atomic E-state index is -0.557. The highest BCUT2D eigenvalue weighted by molar-refractivity contribution is 6.31. The number of nitrogens with zero attached hydrogens (tertiary/aromatic N) is 1. The highest BCUT2D eigenvalue weighted by Crippen LogP contribution is 2.39. The van der Waals surface area contributed by atoms with E-state index in [1.54, 1.807) is 29.2 Å². The summed E-state index contributed by atoms with van der Waals surface area (Å²) >= 11 is 6.22. The number of aryl methyl sites for hydroxylation is 1. The van der Waals surface area contributed by atoms with E-state index in [2.05, 4.69) is 16.4 Å². The first kappa shape index (κ1) is 19.6. The summed E-state index contributed by atoms with van der Waals surface area (Å²) in [6.07, 6.45) is 0.687. The van der Waals surface area contributed by atoms with Crippen molar-refractivity contribution in [1.82, 2.24) is 9.88 Å². The highest BCUT2D eigenvalue weighted by Gasteiger charge is 2.36. The molecule has 1 aromatic heterocycles. The predicted octanol–water partition coefficient (Wildman–Crippen LogP) is 6.45. The molecule has 0 unspecified atom stereocenters. The quantitative estimate of drug-likeness (QED) is 0.375. The number of urea groups is 1. The first-order valence-corrected chi connectivity index (χ1v) is 10.6. The molecule has 0 saturated carbocycles. The molecule has 0 radical (unpaired) electrons. The molecule has 1 aliphatic rings. The van der Waals surface area contributed by atoms with Gasteiger partial charge in [-0.3, -0.25) is 0 Å². The van der Waals surface area contributed by atoms with Crippen molar-refractivity contribution in [3.05, 3.63) is 100.0 Å². The van der Waals surface area contributed by atoms with Gasteiger partial charge in [0.15, 0.2) is 0 Å². The molecule has 0 spiro atoms. The Balaban J connectivity index is 1.58. The Morgan fingerprint density at radius 3 is 2.71 bits per heavy atom. The van der Waals surface area contributed by atoms with E-state index in [0.717, 1.165) is 27.7 Å². The first-order valence-electron chi connectivity index (χ1n) is 10.2. The number of hydrogen-bond acceptors (Lipinski definition) is 1. The topological polar surface area (TPSA) is 48.1 Å². The predicted molar refractivity (Wildman–Crippen MR) is 122 cm³/mol. The van der Waals surface area contributed by atoms with Crippen LogP contribution in [0.5, 0.6) is 0 Å². The van der Waals surface area contributed by atoms with Crippen LogP contribution in [0.3, 0.4) is 0 Å². The van der Waals surface area contributed by atoms with Gasteiger partial charge in [0.2, 0.25) is 0 Å². The number of para-hydroxylation sites is 1. The SMILES string of the molecule is Cc1ccc(NC(=O)N2CCc3c([nH]c4ccccc34)[C@@H]2c2ccccc2F)cc1Cl. The number of rotatable bonds is 2. The molecular formula is C25H21ClFN3O. The zero-order valence-electron chi connectivity index (χ0n) is 17.0. The number of aromatic nitrogens is 1. The Labute approximate surface area is 184 Å². The Morgan fingerprint density at radius 1 is 1.13 bits per heavy atom. The van der Waals surface area contributed by atoms with E-state index in [1.807, 2.05) is 37.3 Å². The van der Waals surface area contributed by atoms with Crippen molar-refractivity contribution in [2.24, 2.45) is 0 Å². The van der Waals surface area contributed by atoms with Gasteiger partial charge in [-0.05, 0) is 48.7 Å². The third-order valence-corrected chi connectivity index (χ3v) is 6.33. The van der Waals surface area contributed by atoms with Gasteiger partial charge in [-0.15, -0.1) is 0 Å². The molecule has 0 bridgehead atoms. The van der Waals surface area contributed by atoms with Crippen LogP contribution >= 0.6 is 11.6 Å². The Hall–Kier alpha value is -3.31. The van der Waals surface area contributed by atoms with Gasteiger partial charge in [-0.1, -0.05) is 54.1 Å². The molecule has 2 N–H and O–H groups in total. The van der Waals surface area contributed by atoms with Crippen LogP contribution in [0.25, 0.3) is 10.9 Å². The lowest BCUT2D eigenvalue weighted by Crippen LogP contribution is -2.43. The molecule has 156 valence electrons. The number of nitrogens with one attached hydrogen (secondary N) is 2. The van der Waals surface area contributed by atoms with Crippen LogP contribution in [0.1, 0.15) is 28.4 Å². The number of hydrogen-bond donors (Lipinski definition) is 2. The molecule has 3 aromatic carbocycles. The average molecular weight is 434 g/mol. The third kappa shape index (κ3) is 3.45. The summed E-state index contributed by atoms with van der Waals surface area (Å²) in [4.78, 5) is 18.5. The molecule has 2 amide bonds. The van der Waals surface area contributed by atoms with Crippen LogP contribution in [-0.4, -0.2) is 22.5 Å². The van der Waals surface area contributed by atoms with Gasteiger partial charge in [0.05, 0.1) is 0 Å². The molecule has 2 heterocycles. The molecule has 4 nitrogen and oxygen atoms in total. The summed E-state index contributed by atoms with van der Waals surface area (Å²) in [6, 6.07) is 19.2. The number of amides is 2. The molecule has 0 fully saturated rings. The van der Waals surface area contributed by atoms with E-state index in [4.69, 9.17) is 11.6 Å². The number of benzene rings is 3. The van der Waals surface area contributed by atoms with E-state index < -0.39 is 6.04 Å². The summed E-state index contributed by atoms with van der Waals surface area (Å²) in [5, 5.41) is 4.63. The normalized spacial score (nSPS) is 15.7. The second-order valence-electron chi connectivity index (χ2n) is 7.82. The standard InChI is InChI=1S/C25H21ClFN3O/c1-15-10-11-16(14-20(15)26)28-25(31)30-13-12-18-17-6-3-5-9-22(17)29-23(18)24(30)19-7-2-4-8-21(19)27/h2-11,14,24,29H,12-13H2,1H3,(H,28,31)/t24-/m0/s1. The van der Waals surface area contributed by atoms with Crippen molar-refractivity contribution in [2.75, 3.05) is 11.9 Å². The van der Waals surface area contributed by atoms with E-state index in [0.29, 0.717) is 29.2 Å². The zero-order chi connectivity index (χ0) is 21.5. The smallest absolute Gasteiger partial charge is 0.322 e. The molecule has 1 atom stereocenters. The van der Waals surface area contributed by atoms with Crippen molar-refractivity contribution in [3.8, 4) is 0 Å². The fraction of sp³-hybridized carbons (Fsp3) is 0.160. The summed E-state index contributed by atoms with van der Waals surface area (Å²) in [5.41, 5.74) is 4.98. The van der Waals surface area contributed by atoms with Crippen molar-refractivity contribution in [3.63, 3.8) is 0 Å². The third-order valence-electron chi connectivity index (χ3n) is 5.92. The maximum Gasteiger partial charge on any atom is 0.322 e. The van der Waals surface area contributed by atoms with Crippen LogP contribution < -0.4 is 5.32 Å². The van der Waals surface area contributed by atoms with Crippen LogP contribution in [-0.2, 0) is 6.42 Å². The molecule has 6 heteroatoms. The molecule has 31 heavy (non-hydrogen) atoms. The van der Waals surface area contributed by atoms with Crippen molar-refractivity contribution in [2.45, 2.75) is 19.4 Å². The molecule has 1 aliphatic heterocycles. The summed E-state index contributed by atoms with van der Waals surface area (Å²) in [6.45, 7) is 2.38. The number of carbonyl (C=O) groups excluding carboxylic acids is 1. The van der Waals surface area contributed by atoms with Crippen LogP contribution in [0.4, 0.5) is 14.9 Å². The average Bonchev–Trinajstić information content (AvgIpc) is 3.15. The monoisotopic (exact) mass is 433 g/mol. The van der Waals surface area contributed by atoms with Gasteiger partial charge in [0, 0.05) is 39.4 Å². The zero-order valence-corrected chi connectivity index (χ0v) is 17.7. The fourth-order valence-corrected chi connectivity index (χ4v) is 4.53. The number of anilines is 1. The van der Waals surface area contributed by atoms with Gasteiger partial charge >= 0.3 is 6.03 Å². The minimum Gasteiger partial charge on any atom is -0.356 e. The number of carbonyl (C=O) groups is 1. The number of aromatic amines is 1. The number of H-pyrrole nitrogens is 1. The van der Waals surface area contributed by atoms with E-state index in [-0.39, 0.29) is 11.8 Å². The minimum absolute atomic E-state index is 0.294. The number of fused-ring (bicyclic) bond motifs is 3. The van der Waals surface area contributed by atoms with E-state index >= 15 is 0 Å². The second-order valence-corrected chi connectivity index (χ2v) is 8.23. The Bertz CT molecular complexity index is 1300. The maximum atomic E-state index is 14.9. The highest BCUT2D eigenvalue weighted by atomic mass is 35.5. The summed E-state index contributed by atoms with van der Waals surface area (Å²) < 4.78 is 14.9. The van der Waals surface area contributed by atoms with Crippen LogP contribution in [0.2, 0.25) is 5.02 Å². The first-order chi connectivity index (χ1) is 15.0. The van der Waals surface area contributed by atoms with Gasteiger partial charge < -0.3 is 15.2 Å². The largest absolute Gasteiger partial charge is 0.356 e. The van der Waals surface area contributed by atoms with Crippen molar-refractivity contribution in [1.29, 1.82) is 0 Å². The Kier molecular flexibility index (Phi) is 4.91. The summed E-state index contributed by atoms with van der Waals surface area (Å²) in [7, 11) is 0. The lowest BCUT2D eigenvalue weighted by atomic mass is 9.92. The lowest BCUT2D eigenvalue weighted by Gasteiger charge is -2.36. The Morgan fingerprint density at radius 2 is 1.90 bits per heavy atom. The van der Waals surface area contributed by atoms with Crippen molar-refractivity contribution >= 4 is 34.2 Å². The molecule has 0 aliphatic carbocycles. The van der Waals surface area contributed by atoms with E-state index in [1.165, 1.54) is 6.07 Å².